The minimum Gasteiger partial charge on any atom is -0.488 e. The highest BCUT2D eigenvalue weighted by Gasteiger charge is 2.28. The number of aromatic nitrogens is 1. The summed E-state index contributed by atoms with van der Waals surface area (Å²) in [7, 11) is 0. The third kappa shape index (κ3) is 2.30. The smallest absolute Gasteiger partial charge is 0.144 e. The highest BCUT2D eigenvalue weighted by atomic mass is 19.1. The fourth-order valence-electron chi connectivity index (χ4n) is 1.56. The predicted octanol–water partition coefficient (Wildman–Crippen LogP) is 2.57. The minimum atomic E-state index is -0.533. The summed E-state index contributed by atoms with van der Waals surface area (Å²) in [5, 5.41) is 8.76. The van der Waals surface area contributed by atoms with Crippen molar-refractivity contribution in [2.45, 2.75) is 31.8 Å². The maximum Gasteiger partial charge on any atom is 0.144 e. The highest BCUT2D eigenvalue weighted by molar-refractivity contribution is 5.41. The lowest BCUT2D eigenvalue weighted by molar-refractivity contribution is 0.180. The average molecular weight is 220 g/mol. The Balaban J connectivity index is 2.27. The Morgan fingerprint density at radius 3 is 3.00 bits per heavy atom. The highest BCUT2D eigenvalue weighted by Crippen LogP contribution is 2.44. The summed E-state index contributed by atoms with van der Waals surface area (Å²) < 4.78 is 17.9. The Bertz CT molecular complexity index is 424. The van der Waals surface area contributed by atoms with Gasteiger partial charge in [-0.3, -0.25) is 0 Å². The molecule has 0 aromatic carbocycles. The van der Waals surface area contributed by atoms with Gasteiger partial charge < -0.3 is 4.74 Å². The summed E-state index contributed by atoms with van der Waals surface area (Å²) in [6, 6.07) is 3.56. The molecule has 1 atom stereocenters. The van der Waals surface area contributed by atoms with Crippen LogP contribution in [0.4, 0.5) is 4.39 Å². The fraction of sp³-hybridized carbons (Fsp3) is 0.500. The van der Waals surface area contributed by atoms with Gasteiger partial charge in [0, 0.05) is 17.8 Å². The van der Waals surface area contributed by atoms with Crippen molar-refractivity contribution in [2.75, 3.05) is 6.67 Å². The van der Waals surface area contributed by atoms with Gasteiger partial charge in [-0.25, -0.2) is 9.37 Å². The second-order valence-electron chi connectivity index (χ2n) is 4.08. The molecule has 0 N–H and O–H groups in total. The average Bonchev–Trinajstić information content (AvgIpc) is 3.12. The monoisotopic (exact) mass is 220 g/mol. The lowest BCUT2D eigenvalue weighted by Crippen LogP contribution is -2.15. The number of halogens is 1. The minimum absolute atomic E-state index is 0.311. The molecule has 0 bridgehead atoms. The molecule has 84 valence electrons. The van der Waals surface area contributed by atoms with Crippen LogP contribution < -0.4 is 4.74 Å². The van der Waals surface area contributed by atoms with Crippen molar-refractivity contribution >= 4 is 0 Å². The van der Waals surface area contributed by atoms with E-state index in [1.807, 2.05) is 6.07 Å². The van der Waals surface area contributed by atoms with Crippen molar-refractivity contribution in [1.29, 1.82) is 5.26 Å². The molecule has 1 aliphatic carbocycles. The molecule has 1 fully saturated rings. The summed E-state index contributed by atoms with van der Waals surface area (Å²) >= 11 is 0. The quantitative estimate of drug-likeness (QED) is 0.783. The van der Waals surface area contributed by atoms with Crippen molar-refractivity contribution in [3.8, 4) is 11.8 Å². The van der Waals surface area contributed by atoms with Gasteiger partial charge >= 0.3 is 0 Å². The van der Waals surface area contributed by atoms with Crippen LogP contribution in [-0.4, -0.2) is 17.8 Å². The normalized spacial score (nSPS) is 16.6. The maximum absolute atomic E-state index is 12.4. The standard InChI is InChI=1S/C12H13FN2O/c1-8(5-13)16-12-4-10(6-14)15-7-11(12)9-2-3-9/h4,7-9H,2-3,5H2,1H3. The number of rotatable bonds is 4. The molecule has 1 aromatic heterocycles. The molecule has 4 heteroatoms. The van der Waals surface area contributed by atoms with E-state index < -0.39 is 12.8 Å². The molecular formula is C12H13FN2O. The van der Waals surface area contributed by atoms with E-state index in [1.54, 1.807) is 19.2 Å². The lowest BCUT2D eigenvalue weighted by atomic mass is 10.1. The summed E-state index contributed by atoms with van der Waals surface area (Å²) in [6.07, 6.45) is 3.43. The summed E-state index contributed by atoms with van der Waals surface area (Å²) in [5.74, 6) is 1.08. The van der Waals surface area contributed by atoms with Gasteiger partial charge in [0.05, 0.1) is 0 Å². The molecule has 1 unspecified atom stereocenters. The topological polar surface area (TPSA) is 45.9 Å². The third-order valence-corrected chi connectivity index (χ3v) is 2.57. The maximum atomic E-state index is 12.4. The molecule has 0 amide bonds. The van der Waals surface area contributed by atoms with Gasteiger partial charge in [-0.05, 0) is 25.7 Å². The van der Waals surface area contributed by atoms with Crippen molar-refractivity contribution in [3.05, 3.63) is 23.5 Å². The van der Waals surface area contributed by atoms with Gasteiger partial charge in [-0.2, -0.15) is 5.26 Å². The van der Waals surface area contributed by atoms with Crippen LogP contribution in [0.2, 0.25) is 0 Å². The van der Waals surface area contributed by atoms with Crippen molar-refractivity contribution < 1.29 is 9.13 Å². The first-order chi connectivity index (χ1) is 7.74. The first-order valence-electron chi connectivity index (χ1n) is 5.37. The van der Waals surface area contributed by atoms with Crippen LogP contribution in [-0.2, 0) is 0 Å². The van der Waals surface area contributed by atoms with E-state index in [0.29, 0.717) is 17.4 Å². The molecule has 1 aliphatic rings. The fourth-order valence-corrected chi connectivity index (χ4v) is 1.56. The zero-order valence-corrected chi connectivity index (χ0v) is 9.11. The van der Waals surface area contributed by atoms with Crippen molar-refractivity contribution in [1.82, 2.24) is 4.98 Å². The Kier molecular flexibility index (Phi) is 3.04. The molecular weight excluding hydrogens is 207 g/mol. The number of nitrogens with zero attached hydrogens (tertiary/aromatic N) is 2. The predicted molar refractivity (Wildman–Crippen MR) is 57.0 cm³/mol. The Labute approximate surface area is 93.9 Å². The van der Waals surface area contributed by atoms with Gasteiger partial charge in [0.15, 0.2) is 0 Å². The Morgan fingerprint density at radius 2 is 2.44 bits per heavy atom. The zero-order chi connectivity index (χ0) is 11.5. The van der Waals surface area contributed by atoms with Crippen LogP contribution in [0.25, 0.3) is 0 Å². The van der Waals surface area contributed by atoms with Crippen LogP contribution in [0.1, 0.15) is 36.9 Å². The number of ether oxygens (including phenoxy) is 1. The van der Waals surface area contributed by atoms with Gasteiger partial charge in [-0.1, -0.05) is 0 Å². The molecule has 16 heavy (non-hydrogen) atoms. The van der Waals surface area contributed by atoms with Crippen LogP contribution in [0.3, 0.4) is 0 Å². The zero-order valence-electron chi connectivity index (χ0n) is 9.11. The molecule has 1 aromatic rings. The van der Waals surface area contributed by atoms with Gasteiger partial charge in [0.2, 0.25) is 0 Å². The van der Waals surface area contributed by atoms with Crippen LogP contribution >= 0.6 is 0 Å². The van der Waals surface area contributed by atoms with E-state index >= 15 is 0 Å². The molecule has 2 rings (SSSR count). The van der Waals surface area contributed by atoms with Crippen LogP contribution in [0.15, 0.2) is 12.3 Å². The number of alkyl halides is 1. The Morgan fingerprint density at radius 1 is 1.69 bits per heavy atom. The van der Waals surface area contributed by atoms with Gasteiger partial charge in [0.25, 0.3) is 0 Å². The van der Waals surface area contributed by atoms with Gasteiger partial charge in [-0.15, -0.1) is 0 Å². The second kappa shape index (κ2) is 4.48. The molecule has 0 aliphatic heterocycles. The van der Waals surface area contributed by atoms with E-state index in [9.17, 15) is 4.39 Å². The van der Waals surface area contributed by atoms with E-state index in [-0.39, 0.29) is 0 Å². The number of nitriles is 1. The second-order valence-corrected chi connectivity index (χ2v) is 4.08. The Hall–Kier alpha value is -1.63. The molecule has 0 spiro atoms. The summed E-state index contributed by atoms with van der Waals surface area (Å²) in [4.78, 5) is 4.02. The largest absolute Gasteiger partial charge is 0.488 e. The van der Waals surface area contributed by atoms with Crippen molar-refractivity contribution in [2.24, 2.45) is 0 Å². The molecule has 0 radical (unpaired) electrons. The molecule has 1 saturated carbocycles. The number of hydrogen-bond donors (Lipinski definition) is 0. The number of pyridine rings is 1. The SMILES string of the molecule is CC(CF)Oc1cc(C#N)ncc1C1CC1. The van der Waals surface area contributed by atoms with Crippen LogP contribution in [0, 0.1) is 11.3 Å². The lowest BCUT2D eigenvalue weighted by Gasteiger charge is -2.14. The number of hydrogen-bond acceptors (Lipinski definition) is 3. The van der Waals surface area contributed by atoms with E-state index in [1.165, 1.54) is 0 Å². The summed E-state index contributed by atoms with van der Waals surface area (Å²) in [5.41, 5.74) is 1.31. The first-order valence-corrected chi connectivity index (χ1v) is 5.37. The van der Waals surface area contributed by atoms with Crippen molar-refractivity contribution in [3.63, 3.8) is 0 Å². The van der Waals surface area contributed by atoms with E-state index in [0.717, 1.165) is 18.4 Å². The van der Waals surface area contributed by atoms with E-state index in [4.69, 9.17) is 10.00 Å². The van der Waals surface area contributed by atoms with Crippen LogP contribution in [0.5, 0.6) is 5.75 Å². The van der Waals surface area contributed by atoms with E-state index in [2.05, 4.69) is 4.98 Å². The molecule has 0 saturated heterocycles. The molecule has 1 heterocycles. The summed E-state index contributed by atoms with van der Waals surface area (Å²) in [6.45, 7) is 1.14. The van der Waals surface area contributed by atoms with Gasteiger partial charge in [0.1, 0.15) is 30.3 Å². The molecule has 3 nitrogen and oxygen atoms in total. The third-order valence-electron chi connectivity index (χ3n) is 2.57. The first kappa shape index (κ1) is 10.9.